The van der Waals surface area contributed by atoms with Crippen LogP contribution < -0.4 is 0 Å². The van der Waals surface area contributed by atoms with Crippen LogP contribution in [0.25, 0.3) is 0 Å². The summed E-state index contributed by atoms with van der Waals surface area (Å²) in [5.74, 6) is -0.890. The molecule has 0 aromatic carbocycles. The normalized spacial score (nSPS) is 12.6. The smallest absolute Gasteiger partial charge is 0.306 e. The Balaban J connectivity index is 4.41. The van der Waals surface area contributed by atoms with Crippen molar-refractivity contribution in [3.63, 3.8) is 0 Å². The summed E-state index contributed by atoms with van der Waals surface area (Å²) in [6.45, 7) is 6.53. The molecule has 0 radical (unpaired) electrons. The molecule has 6 nitrogen and oxygen atoms in total. The van der Waals surface area contributed by atoms with Crippen molar-refractivity contribution >= 4 is 17.9 Å². The Bertz CT molecular complexity index is 1450. The van der Waals surface area contributed by atoms with Gasteiger partial charge in [0.2, 0.25) is 0 Å². The summed E-state index contributed by atoms with van der Waals surface area (Å²) < 4.78 is 17.0. The minimum absolute atomic E-state index is 0.0817. The van der Waals surface area contributed by atoms with Crippen molar-refractivity contribution in [2.75, 3.05) is 13.2 Å². The molecule has 0 heterocycles. The number of carbonyl (C=O) groups excluding carboxylic acids is 3. The highest BCUT2D eigenvalue weighted by molar-refractivity contribution is 5.71. The standard InChI is InChI=1S/C70H122O6/c1-4-7-10-13-16-19-22-25-28-31-34-35-37-39-42-45-48-51-54-57-60-63-69(72)75-66-67(65-74-68(71)62-59-56-53-50-47-44-41-38-33-30-27-24-21-18-15-12-9-6-3)76-70(73)64-61-58-55-52-49-46-43-40-36-32-29-26-23-20-17-14-11-8-5-2/h7,10,16-17,19-20,25-26,28-29,34-35,39,42,67H,4-6,8-9,11-15,18,21-24,27,30-33,36-38,40-41,43-66H2,1-3H3/b10-7-,19-16-,20-17-,28-25-,29-26-,35-34-,42-39-. The van der Waals surface area contributed by atoms with E-state index in [0.717, 1.165) is 116 Å². The highest BCUT2D eigenvalue weighted by Gasteiger charge is 2.19. The molecule has 6 heteroatoms. The molecule has 0 aliphatic rings. The average Bonchev–Trinajstić information content (AvgIpc) is 3.42. The zero-order valence-corrected chi connectivity index (χ0v) is 50.3. The van der Waals surface area contributed by atoms with E-state index in [1.165, 1.54) is 167 Å². The molecule has 76 heavy (non-hydrogen) atoms. The Morgan fingerprint density at radius 3 is 0.829 bits per heavy atom. The molecular formula is C70H122O6. The van der Waals surface area contributed by atoms with Gasteiger partial charge in [0.25, 0.3) is 0 Å². The third-order valence-electron chi connectivity index (χ3n) is 14.1. The largest absolute Gasteiger partial charge is 0.462 e. The zero-order valence-electron chi connectivity index (χ0n) is 50.3. The molecule has 0 fully saturated rings. The first-order chi connectivity index (χ1) is 37.5. The maximum absolute atomic E-state index is 12.9. The van der Waals surface area contributed by atoms with E-state index in [9.17, 15) is 14.4 Å². The van der Waals surface area contributed by atoms with Gasteiger partial charge in [-0.05, 0) is 96.3 Å². The van der Waals surface area contributed by atoms with Crippen molar-refractivity contribution in [2.45, 2.75) is 329 Å². The number of allylic oxidation sites excluding steroid dienone is 14. The van der Waals surface area contributed by atoms with Crippen LogP contribution in [-0.4, -0.2) is 37.2 Å². The first-order valence-corrected chi connectivity index (χ1v) is 32.6. The quantitative estimate of drug-likeness (QED) is 0.0261. The number of unbranched alkanes of at least 4 members (excludes halogenated alkanes) is 34. The van der Waals surface area contributed by atoms with E-state index in [1.54, 1.807) is 0 Å². The van der Waals surface area contributed by atoms with Gasteiger partial charge in [0.15, 0.2) is 6.10 Å². The Morgan fingerprint density at radius 1 is 0.276 bits per heavy atom. The number of rotatable bonds is 59. The lowest BCUT2D eigenvalue weighted by Gasteiger charge is -2.18. The monoisotopic (exact) mass is 1060 g/mol. The summed E-state index contributed by atoms with van der Waals surface area (Å²) >= 11 is 0. The van der Waals surface area contributed by atoms with Gasteiger partial charge in [0.1, 0.15) is 13.2 Å². The first-order valence-electron chi connectivity index (χ1n) is 32.6. The highest BCUT2D eigenvalue weighted by atomic mass is 16.6. The summed E-state index contributed by atoms with van der Waals surface area (Å²) in [6, 6.07) is 0. The third-order valence-corrected chi connectivity index (χ3v) is 14.1. The first kappa shape index (κ1) is 72.6. The molecule has 0 aliphatic heterocycles. The van der Waals surface area contributed by atoms with Crippen LogP contribution in [-0.2, 0) is 28.6 Å². The van der Waals surface area contributed by atoms with Gasteiger partial charge >= 0.3 is 17.9 Å². The van der Waals surface area contributed by atoms with E-state index in [0.29, 0.717) is 19.3 Å². The molecule has 1 atom stereocenters. The predicted molar refractivity (Wildman–Crippen MR) is 330 cm³/mol. The second-order valence-corrected chi connectivity index (χ2v) is 21.6. The van der Waals surface area contributed by atoms with Gasteiger partial charge in [0.05, 0.1) is 0 Å². The van der Waals surface area contributed by atoms with E-state index < -0.39 is 6.10 Å². The van der Waals surface area contributed by atoms with Crippen LogP contribution in [0.1, 0.15) is 323 Å². The molecule has 438 valence electrons. The van der Waals surface area contributed by atoms with Gasteiger partial charge in [-0.15, -0.1) is 0 Å². The molecule has 0 saturated carbocycles. The molecule has 0 N–H and O–H groups in total. The van der Waals surface area contributed by atoms with Crippen LogP contribution in [0.15, 0.2) is 85.1 Å². The zero-order chi connectivity index (χ0) is 55.0. The van der Waals surface area contributed by atoms with E-state index in [1.807, 2.05) is 0 Å². The summed E-state index contributed by atoms with van der Waals surface area (Å²) in [5.41, 5.74) is 0. The fourth-order valence-corrected chi connectivity index (χ4v) is 9.27. The van der Waals surface area contributed by atoms with Crippen molar-refractivity contribution in [3.05, 3.63) is 85.1 Å². The molecule has 0 aliphatic carbocycles. The summed E-state index contributed by atoms with van der Waals surface area (Å²) in [5, 5.41) is 0. The van der Waals surface area contributed by atoms with Gasteiger partial charge in [-0.2, -0.15) is 0 Å². The number of hydrogen-bond donors (Lipinski definition) is 0. The summed E-state index contributed by atoms with van der Waals surface area (Å²) in [7, 11) is 0. The van der Waals surface area contributed by atoms with Gasteiger partial charge in [-0.3, -0.25) is 14.4 Å². The third kappa shape index (κ3) is 61.4. The lowest BCUT2D eigenvalue weighted by molar-refractivity contribution is -0.167. The molecule has 0 rings (SSSR count). The van der Waals surface area contributed by atoms with Crippen LogP contribution in [0.3, 0.4) is 0 Å². The molecule has 0 amide bonds. The molecule has 0 saturated heterocycles. The van der Waals surface area contributed by atoms with E-state index >= 15 is 0 Å². The number of hydrogen-bond acceptors (Lipinski definition) is 6. The lowest BCUT2D eigenvalue weighted by Crippen LogP contribution is -2.30. The molecular weight excluding hydrogens is 937 g/mol. The number of ether oxygens (including phenoxy) is 3. The number of esters is 3. The maximum atomic E-state index is 12.9. The van der Waals surface area contributed by atoms with E-state index in [2.05, 4.69) is 106 Å². The second kappa shape index (κ2) is 64.1. The lowest BCUT2D eigenvalue weighted by atomic mass is 10.0. The average molecular weight is 1060 g/mol. The van der Waals surface area contributed by atoms with Gasteiger partial charge in [-0.25, -0.2) is 0 Å². The number of carbonyl (C=O) groups is 3. The van der Waals surface area contributed by atoms with Gasteiger partial charge in [-0.1, -0.05) is 292 Å². The van der Waals surface area contributed by atoms with Crippen LogP contribution in [0.2, 0.25) is 0 Å². The summed E-state index contributed by atoms with van der Waals surface area (Å²) in [4.78, 5) is 38.4. The Kier molecular flexibility index (Phi) is 61.2. The maximum Gasteiger partial charge on any atom is 0.306 e. The van der Waals surface area contributed by atoms with Crippen molar-refractivity contribution < 1.29 is 28.6 Å². The molecule has 1 unspecified atom stereocenters. The summed E-state index contributed by atoms with van der Waals surface area (Å²) in [6.07, 6.45) is 84.4. The fourth-order valence-electron chi connectivity index (χ4n) is 9.27. The van der Waals surface area contributed by atoms with Crippen molar-refractivity contribution in [1.82, 2.24) is 0 Å². The van der Waals surface area contributed by atoms with E-state index in [-0.39, 0.29) is 31.1 Å². The van der Waals surface area contributed by atoms with Gasteiger partial charge in [0, 0.05) is 19.3 Å². The minimum Gasteiger partial charge on any atom is -0.462 e. The molecule has 0 aromatic heterocycles. The highest BCUT2D eigenvalue weighted by Crippen LogP contribution is 2.17. The minimum atomic E-state index is -0.788. The van der Waals surface area contributed by atoms with Crippen LogP contribution in [0, 0.1) is 0 Å². The Hall–Kier alpha value is -3.41. The topological polar surface area (TPSA) is 78.9 Å². The van der Waals surface area contributed by atoms with Crippen molar-refractivity contribution in [3.8, 4) is 0 Å². The second-order valence-electron chi connectivity index (χ2n) is 21.6. The van der Waals surface area contributed by atoms with Crippen LogP contribution in [0.4, 0.5) is 0 Å². The van der Waals surface area contributed by atoms with Crippen LogP contribution in [0.5, 0.6) is 0 Å². The van der Waals surface area contributed by atoms with Crippen LogP contribution >= 0.6 is 0 Å². The molecule has 0 bridgehead atoms. The van der Waals surface area contributed by atoms with Crippen molar-refractivity contribution in [1.29, 1.82) is 0 Å². The van der Waals surface area contributed by atoms with Crippen molar-refractivity contribution in [2.24, 2.45) is 0 Å². The SMILES string of the molecule is CC/C=C\C/C=C\C/C=C\C/C=C\C/C=C\CCCCCCCC(=O)OCC(COC(=O)CCCCCCCCCCCCCCCCCCCC)OC(=O)CCCCCCCCCCC/C=C\C/C=C\CCCCC. The molecule has 0 spiro atoms. The molecule has 0 aromatic rings. The Labute approximate surface area is 471 Å². The Morgan fingerprint density at radius 2 is 0.513 bits per heavy atom. The van der Waals surface area contributed by atoms with Gasteiger partial charge < -0.3 is 14.2 Å². The van der Waals surface area contributed by atoms with E-state index in [4.69, 9.17) is 14.2 Å². The fraction of sp³-hybridized carbons (Fsp3) is 0.757. The predicted octanol–water partition coefficient (Wildman–Crippen LogP) is 22.3.